The highest BCUT2D eigenvalue weighted by atomic mass is 16.5. The van der Waals surface area contributed by atoms with Crippen LogP contribution < -0.4 is 25.4 Å². The Kier molecular flexibility index (Phi) is 6.76. The van der Waals surface area contributed by atoms with Crippen molar-refractivity contribution >= 4 is 29.1 Å². The van der Waals surface area contributed by atoms with Crippen molar-refractivity contribution in [1.82, 2.24) is 5.32 Å². The minimum Gasteiger partial charge on any atom is -0.497 e. The van der Waals surface area contributed by atoms with Crippen molar-refractivity contribution in [3.05, 3.63) is 48.0 Å². The first-order valence-electron chi connectivity index (χ1n) is 8.10. The molecular formula is C19H21N3O5. The molecule has 0 atom stereocenters. The highest BCUT2D eigenvalue weighted by Gasteiger charge is 2.11. The van der Waals surface area contributed by atoms with Gasteiger partial charge in [0, 0.05) is 29.9 Å². The van der Waals surface area contributed by atoms with Gasteiger partial charge in [-0.2, -0.15) is 0 Å². The normalized spacial score (nSPS) is 9.89. The number of rotatable bonds is 7. The van der Waals surface area contributed by atoms with Gasteiger partial charge in [0.1, 0.15) is 11.5 Å². The summed E-state index contributed by atoms with van der Waals surface area (Å²) in [6.07, 6.45) is 0. The summed E-state index contributed by atoms with van der Waals surface area (Å²) >= 11 is 0. The summed E-state index contributed by atoms with van der Waals surface area (Å²) < 4.78 is 10.2. The Morgan fingerprint density at radius 1 is 0.852 bits per heavy atom. The van der Waals surface area contributed by atoms with E-state index in [1.54, 1.807) is 42.5 Å². The first kappa shape index (κ1) is 19.8. The lowest BCUT2D eigenvalue weighted by molar-refractivity contribution is -0.115. The maximum Gasteiger partial charge on any atom is 0.251 e. The van der Waals surface area contributed by atoms with Crippen LogP contribution in [0.25, 0.3) is 0 Å². The lowest BCUT2D eigenvalue weighted by Gasteiger charge is -2.10. The van der Waals surface area contributed by atoms with Gasteiger partial charge in [-0.15, -0.1) is 0 Å². The quantitative estimate of drug-likeness (QED) is 0.691. The van der Waals surface area contributed by atoms with E-state index in [2.05, 4.69) is 16.0 Å². The molecule has 0 fully saturated rings. The summed E-state index contributed by atoms with van der Waals surface area (Å²) in [5.74, 6) is -0.0380. The number of benzene rings is 2. The lowest BCUT2D eigenvalue weighted by Crippen LogP contribution is -2.32. The number of hydrogen-bond donors (Lipinski definition) is 3. The van der Waals surface area contributed by atoms with Crippen LogP contribution in [-0.2, 0) is 9.59 Å². The molecule has 0 aliphatic carbocycles. The Balaban J connectivity index is 1.91. The predicted octanol–water partition coefficient (Wildman–Crippen LogP) is 2.03. The molecule has 0 unspecified atom stereocenters. The number of methoxy groups -OCH3 is 2. The Bertz CT molecular complexity index is 811. The molecule has 2 rings (SSSR count). The van der Waals surface area contributed by atoms with E-state index >= 15 is 0 Å². The Morgan fingerprint density at radius 3 is 1.85 bits per heavy atom. The van der Waals surface area contributed by atoms with E-state index in [0.29, 0.717) is 28.4 Å². The van der Waals surface area contributed by atoms with Gasteiger partial charge in [-0.05, 0) is 36.4 Å². The monoisotopic (exact) mass is 371 g/mol. The van der Waals surface area contributed by atoms with E-state index in [1.807, 2.05) is 0 Å². The number of hydrogen-bond acceptors (Lipinski definition) is 5. The molecule has 3 amide bonds. The zero-order valence-corrected chi connectivity index (χ0v) is 15.3. The highest BCUT2D eigenvalue weighted by molar-refractivity contribution is 6.00. The van der Waals surface area contributed by atoms with E-state index in [9.17, 15) is 14.4 Å². The zero-order chi connectivity index (χ0) is 19.8. The highest BCUT2D eigenvalue weighted by Crippen LogP contribution is 2.22. The number of carbonyl (C=O) groups is 3. The molecule has 0 aliphatic heterocycles. The van der Waals surface area contributed by atoms with Crippen LogP contribution in [0.2, 0.25) is 0 Å². The van der Waals surface area contributed by atoms with Crippen molar-refractivity contribution in [2.75, 3.05) is 31.4 Å². The van der Waals surface area contributed by atoms with E-state index < -0.39 is 5.91 Å². The minimum absolute atomic E-state index is 0.177. The molecule has 0 spiro atoms. The Labute approximate surface area is 156 Å². The van der Waals surface area contributed by atoms with Gasteiger partial charge < -0.3 is 25.4 Å². The summed E-state index contributed by atoms with van der Waals surface area (Å²) in [6, 6.07) is 11.4. The maximum atomic E-state index is 12.2. The lowest BCUT2D eigenvalue weighted by atomic mass is 10.2. The van der Waals surface area contributed by atoms with Crippen LogP contribution in [0.3, 0.4) is 0 Å². The van der Waals surface area contributed by atoms with Gasteiger partial charge >= 0.3 is 0 Å². The second-order valence-corrected chi connectivity index (χ2v) is 5.59. The molecule has 2 aromatic carbocycles. The molecule has 0 bridgehead atoms. The third-order valence-corrected chi connectivity index (χ3v) is 3.51. The van der Waals surface area contributed by atoms with E-state index in [1.165, 1.54) is 21.1 Å². The van der Waals surface area contributed by atoms with Crippen LogP contribution in [0.15, 0.2) is 42.5 Å². The maximum absolute atomic E-state index is 12.2. The summed E-state index contributed by atoms with van der Waals surface area (Å²) in [6.45, 7) is 1.21. The van der Waals surface area contributed by atoms with Crippen molar-refractivity contribution in [1.29, 1.82) is 0 Å². The average Bonchev–Trinajstić information content (AvgIpc) is 2.66. The number of ether oxygens (including phenoxy) is 2. The summed E-state index contributed by atoms with van der Waals surface area (Å²) in [7, 11) is 2.97. The largest absolute Gasteiger partial charge is 0.497 e. The number of nitrogens with one attached hydrogen (secondary N) is 3. The van der Waals surface area contributed by atoms with Crippen molar-refractivity contribution in [3.8, 4) is 11.5 Å². The second-order valence-electron chi connectivity index (χ2n) is 5.59. The Morgan fingerprint density at radius 2 is 1.37 bits per heavy atom. The van der Waals surface area contributed by atoms with Crippen LogP contribution in [0, 0.1) is 0 Å². The van der Waals surface area contributed by atoms with Crippen LogP contribution in [-0.4, -0.2) is 38.5 Å². The van der Waals surface area contributed by atoms with Gasteiger partial charge in [-0.3, -0.25) is 14.4 Å². The van der Waals surface area contributed by atoms with Gasteiger partial charge in [-0.25, -0.2) is 0 Å². The molecule has 0 radical (unpaired) electrons. The molecule has 0 aliphatic rings. The summed E-state index contributed by atoms with van der Waals surface area (Å²) in [5, 5.41) is 7.83. The molecule has 3 N–H and O–H groups in total. The van der Waals surface area contributed by atoms with Crippen LogP contribution in [0.1, 0.15) is 17.3 Å². The fraction of sp³-hybridized carbons (Fsp3) is 0.211. The molecule has 27 heavy (non-hydrogen) atoms. The van der Waals surface area contributed by atoms with Crippen LogP contribution in [0.4, 0.5) is 11.4 Å². The standard InChI is InChI=1S/C19H21N3O5/c1-12(23)21-14-4-6-15(7-5-14)22-18(24)11-20-19(25)13-8-16(26-2)10-17(9-13)27-3/h4-10H,11H2,1-3H3,(H,20,25)(H,21,23)(H,22,24). The molecule has 0 saturated heterocycles. The zero-order valence-electron chi connectivity index (χ0n) is 15.3. The van der Waals surface area contributed by atoms with Crippen LogP contribution in [0.5, 0.6) is 11.5 Å². The van der Waals surface area contributed by atoms with Crippen molar-refractivity contribution in [3.63, 3.8) is 0 Å². The van der Waals surface area contributed by atoms with Gasteiger partial charge in [0.25, 0.3) is 5.91 Å². The van der Waals surface area contributed by atoms with Gasteiger partial charge in [0.15, 0.2) is 0 Å². The van der Waals surface area contributed by atoms with Gasteiger partial charge in [0.2, 0.25) is 11.8 Å². The number of carbonyl (C=O) groups excluding carboxylic acids is 3. The smallest absolute Gasteiger partial charge is 0.251 e. The molecule has 8 heteroatoms. The molecular weight excluding hydrogens is 350 g/mol. The van der Waals surface area contributed by atoms with Crippen molar-refractivity contribution < 1.29 is 23.9 Å². The van der Waals surface area contributed by atoms with Gasteiger partial charge in [0.05, 0.1) is 20.8 Å². The second kappa shape index (κ2) is 9.23. The number of anilines is 2. The van der Waals surface area contributed by atoms with Crippen LogP contribution >= 0.6 is 0 Å². The average molecular weight is 371 g/mol. The molecule has 2 aromatic rings. The molecule has 0 heterocycles. The first-order valence-corrected chi connectivity index (χ1v) is 8.10. The molecule has 0 saturated carbocycles. The molecule has 142 valence electrons. The predicted molar refractivity (Wildman–Crippen MR) is 101 cm³/mol. The SMILES string of the molecule is COc1cc(OC)cc(C(=O)NCC(=O)Nc2ccc(NC(C)=O)cc2)c1. The third kappa shape index (κ3) is 6.03. The number of amides is 3. The minimum atomic E-state index is -0.427. The van der Waals surface area contributed by atoms with Crippen molar-refractivity contribution in [2.24, 2.45) is 0 Å². The molecule has 8 nitrogen and oxygen atoms in total. The van der Waals surface area contributed by atoms with E-state index in [0.717, 1.165) is 0 Å². The summed E-state index contributed by atoms with van der Waals surface area (Å²) in [5.41, 5.74) is 1.49. The first-order chi connectivity index (χ1) is 12.9. The van der Waals surface area contributed by atoms with Gasteiger partial charge in [-0.1, -0.05) is 0 Å². The van der Waals surface area contributed by atoms with E-state index in [4.69, 9.17) is 9.47 Å². The third-order valence-electron chi connectivity index (χ3n) is 3.51. The summed E-state index contributed by atoms with van der Waals surface area (Å²) in [4.78, 5) is 35.2. The fourth-order valence-corrected chi connectivity index (χ4v) is 2.25. The van der Waals surface area contributed by atoms with Crippen molar-refractivity contribution in [2.45, 2.75) is 6.92 Å². The molecule has 0 aromatic heterocycles. The van der Waals surface area contributed by atoms with E-state index in [-0.39, 0.29) is 18.4 Å². The Hall–Kier alpha value is -3.55. The fourth-order valence-electron chi connectivity index (χ4n) is 2.25. The topological polar surface area (TPSA) is 106 Å².